The molecule has 1 rings (SSSR count). The van der Waals surface area contributed by atoms with E-state index >= 15 is 0 Å². The monoisotopic (exact) mass is 304 g/mol. The van der Waals surface area contributed by atoms with Gasteiger partial charge in [0.2, 0.25) is 5.91 Å². The lowest BCUT2D eigenvalue weighted by Gasteiger charge is -2.08. The van der Waals surface area contributed by atoms with Crippen molar-refractivity contribution in [1.29, 1.82) is 0 Å². The molecule has 6 nitrogen and oxygen atoms in total. The maximum Gasteiger partial charge on any atom is 0.416 e. The van der Waals surface area contributed by atoms with Crippen molar-refractivity contribution in [1.82, 2.24) is 10.6 Å². The first kappa shape index (κ1) is 16.5. The molecule has 0 saturated carbocycles. The van der Waals surface area contributed by atoms with Crippen molar-refractivity contribution in [3.63, 3.8) is 0 Å². The summed E-state index contributed by atoms with van der Waals surface area (Å²) in [6.07, 6.45) is -4.49. The molecule has 1 aromatic rings. The van der Waals surface area contributed by atoms with Gasteiger partial charge in [-0.25, -0.2) is 0 Å². The quantitative estimate of drug-likeness (QED) is 0.743. The topological polar surface area (TPSA) is 95.5 Å². The van der Waals surface area contributed by atoms with Crippen LogP contribution in [-0.2, 0) is 15.8 Å². The van der Waals surface area contributed by atoms with Crippen LogP contribution in [0.5, 0.6) is 0 Å². The molecule has 0 atom stereocenters. The van der Waals surface area contributed by atoms with Crippen LogP contribution in [0.2, 0.25) is 0 Å². The van der Waals surface area contributed by atoms with Gasteiger partial charge >= 0.3 is 12.1 Å². The van der Waals surface area contributed by atoms with Gasteiger partial charge in [0.15, 0.2) is 0 Å². The summed E-state index contributed by atoms with van der Waals surface area (Å²) >= 11 is 0. The third kappa shape index (κ3) is 5.51. The minimum atomic E-state index is -4.49. The summed E-state index contributed by atoms with van der Waals surface area (Å²) in [6, 6.07) is 3.46. The van der Waals surface area contributed by atoms with E-state index in [9.17, 15) is 27.6 Å². The Kier molecular flexibility index (Phi) is 5.28. The van der Waals surface area contributed by atoms with Crippen molar-refractivity contribution >= 4 is 17.8 Å². The first-order valence-corrected chi connectivity index (χ1v) is 5.64. The van der Waals surface area contributed by atoms with E-state index in [2.05, 4.69) is 5.32 Å². The molecule has 0 aliphatic rings. The highest BCUT2D eigenvalue weighted by atomic mass is 19.4. The van der Waals surface area contributed by atoms with Gasteiger partial charge in [0, 0.05) is 5.56 Å². The van der Waals surface area contributed by atoms with Crippen LogP contribution in [0.15, 0.2) is 24.3 Å². The van der Waals surface area contributed by atoms with E-state index in [1.54, 1.807) is 0 Å². The van der Waals surface area contributed by atoms with Gasteiger partial charge in [0.05, 0.1) is 12.1 Å². The molecular weight excluding hydrogens is 293 g/mol. The first-order valence-electron chi connectivity index (χ1n) is 5.64. The Labute approximate surface area is 116 Å². The number of benzene rings is 1. The molecule has 0 fully saturated rings. The lowest BCUT2D eigenvalue weighted by atomic mass is 10.1. The van der Waals surface area contributed by atoms with Gasteiger partial charge in [0.1, 0.15) is 6.54 Å². The van der Waals surface area contributed by atoms with Crippen LogP contribution in [-0.4, -0.2) is 36.0 Å². The molecule has 0 radical (unpaired) electrons. The van der Waals surface area contributed by atoms with Crippen LogP contribution in [0.1, 0.15) is 15.9 Å². The van der Waals surface area contributed by atoms with Gasteiger partial charge in [0.25, 0.3) is 5.91 Å². The molecule has 0 bridgehead atoms. The maximum atomic E-state index is 12.3. The summed E-state index contributed by atoms with van der Waals surface area (Å²) in [7, 11) is 0. The number of amides is 2. The fourth-order valence-electron chi connectivity index (χ4n) is 1.31. The minimum Gasteiger partial charge on any atom is -0.480 e. The molecule has 2 amide bonds. The molecule has 1 aromatic carbocycles. The Hall–Kier alpha value is -2.58. The van der Waals surface area contributed by atoms with E-state index in [4.69, 9.17) is 5.11 Å². The minimum absolute atomic E-state index is 0.0472. The zero-order valence-corrected chi connectivity index (χ0v) is 10.5. The largest absolute Gasteiger partial charge is 0.480 e. The van der Waals surface area contributed by atoms with E-state index in [1.165, 1.54) is 0 Å². The number of nitrogens with one attached hydrogen (secondary N) is 2. The number of carboxylic acids is 1. The fraction of sp³-hybridized carbons (Fsp3) is 0.250. The molecule has 0 heterocycles. The lowest BCUT2D eigenvalue weighted by molar-refractivity contribution is -0.138. The number of carbonyl (C=O) groups is 3. The molecule has 0 saturated heterocycles. The second-order valence-corrected chi connectivity index (χ2v) is 3.93. The average Bonchev–Trinajstić information content (AvgIpc) is 2.41. The van der Waals surface area contributed by atoms with Gasteiger partial charge < -0.3 is 15.7 Å². The molecule has 0 aliphatic carbocycles. The summed E-state index contributed by atoms with van der Waals surface area (Å²) in [5.41, 5.74) is -0.938. The van der Waals surface area contributed by atoms with Crippen molar-refractivity contribution in [2.24, 2.45) is 0 Å². The van der Waals surface area contributed by atoms with Gasteiger partial charge in [-0.3, -0.25) is 14.4 Å². The number of halogens is 3. The molecule has 9 heteroatoms. The molecule has 0 unspecified atom stereocenters. The number of carbonyl (C=O) groups excluding carboxylic acids is 2. The molecule has 21 heavy (non-hydrogen) atoms. The molecule has 0 aromatic heterocycles. The standard InChI is InChI=1S/C12H11F3N2O4/c13-12(14,15)8-3-1-7(2-4-8)11(21)17-5-9(18)16-6-10(19)20/h1-4H,5-6H2,(H,16,18)(H,17,21)(H,19,20). The Balaban J connectivity index is 2.53. The predicted molar refractivity (Wildman–Crippen MR) is 64.4 cm³/mol. The van der Waals surface area contributed by atoms with Gasteiger partial charge in [-0.1, -0.05) is 0 Å². The van der Waals surface area contributed by atoms with Crippen molar-refractivity contribution < 1.29 is 32.7 Å². The summed E-state index contributed by atoms with van der Waals surface area (Å²) in [6.45, 7) is -1.07. The Morgan fingerprint density at radius 1 is 1.00 bits per heavy atom. The SMILES string of the molecule is O=C(O)CNC(=O)CNC(=O)c1ccc(C(F)(F)F)cc1. The summed E-state index contributed by atoms with van der Waals surface area (Å²) < 4.78 is 37.0. The van der Waals surface area contributed by atoms with Gasteiger partial charge in [-0.05, 0) is 24.3 Å². The summed E-state index contributed by atoms with van der Waals surface area (Å²) in [4.78, 5) is 32.9. The van der Waals surface area contributed by atoms with Crippen LogP contribution in [0.4, 0.5) is 13.2 Å². The van der Waals surface area contributed by atoms with Gasteiger partial charge in [-0.15, -0.1) is 0 Å². The Bertz CT molecular complexity index is 540. The third-order valence-electron chi connectivity index (χ3n) is 2.32. The van der Waals surface area contributed by atoms with Crippen LogP contribution < -0.4 is 10.6 Å². The second-order valence-electron chi connectivity index (χ2n) is 3.93. The highest BCUT2D eigenvalue weighted by molar-refractivity contribution is 5.96. The van der Waals surface area contributed by atoms with Crippen LogP contribution in [0.25, 0.3) is 0 Å². The number of carboxylic acid groups (broad SMARTS) is 1. The zero-order valence-electron chi connectivity index (χ0n) is 10.5. The number of hydrogen-bond acceptors (Lipinski definition) is 3. The Morgan fingerprint density at radius 2 is 1.57 bits per heavy atom. The van der Waals surface area contributed by atoms with E-state index in [0.29, 0.717) is 0 Å². The summed E-state index contributed by atoms with van der Waals surface area (Å²) in [5, 5.41) is 12.5. The molecule has 0 spiro atoms. The molecule has 114 valence electrons. The third-order valence-corrected chi connectivity index (χ3v) is 2.32. The van der Waals surface area contributed by atoms with Crippen LogP contribution in [0, 0.1) is 0 Å². The van der Waals surface area contributed by atoms with E-state index < -0.39 is 42.6 Å². The van der Waals surface area contributed by atoms with Crippen LogP contribution >= 0.6 is 0 Å². The average molecular weight is 304 g/mol. The highest BCUT2D eigenvalue weighted by Crippen LogP contribution is 2.28. The van der Waals surface area contributed by atoms with Crippen molar-refractivity contribution in [2.75, 3.05) is 13.1 Å². The van der Waals surface area contributed by atoms with Crippen molar-refractivity contribution in [3.05, 3.63) is 35.4 Å². The Morgan fingerprint density at radius 3 is 2.05 bits per heavy atom. The predicted octanol–water partition coefficient (Wildman–Crippen LogP) is 0.636. The lowest BCUT2D eigenvalue weighted by Crippen LogP contribution is -2.39. The van der Waals surface area contributed by atoms with Crippen molar-refractivity contribution in [2.45, 2.75) is 6.18 Å². The highest BCUT2D eigenvalue weighted by Gasteiger charge is 2.30. The number of hydrogen-bond donors (Lipinski definition) is 3. The van der Waals surface area contributed by atoms with E-state index in [-0.39, 0.29) is 5.56 Å². The molecule has 3 N–H and O–H groups in total. The molecule has 0 aliphatic heterocycles. The molecular formula is C12H11F3N2O4. The normalized spacial score (nSPS) is 10.8. The number of rotatable bonds is 5. The van der Waals surface area contributed by atoms with Crippen molar-refractivity contribution in [3.8, 4) is 0 Å². The second kappa shape index (κ2) is 6.73. The maximum absolute atomic E-state index is 12.3. The number of alkyl halides is 3. The summed E-state index contributed by atoms with van der Waals surface area (Å²) in [5.74, 6) is -2.70. The smallest absolute Gasteiger partial charge is 0.416 e. The van der Waals surface area contributed by atoms with E-state index in [1.807, 2.05) is 5.32 Å². The van der Waals surface area contributed by atoms with Crippen LogP contribution in [0.3, 0.4) is 0 Å². The van der Waals surface area contributed by atoms with E-state index in [0.717, 1.165) is 24.3 Å². The zero-order chi connectivity index (χ0) is 16.0. The number of aliphatic carboxylic acids is 1. The fourth-order valence-corrected chi connectivity index (χ4v) is 1.31. The van der Waals surface area contributed by atoms with Gasteiger partial charge in [-0.2, -0.15) is 13.2 Å². The first-order chi connectivity index (χ1) is 9.70.